The number of aryl methyl sites for hydroxylation is 1. The van der Waals surface area contributed by atoms with Crippen molar-refractivity contribution in [2.75, 3.05) is 18.0 Å². The maximum Gasteiger partial charge on any atom is 0.323 e. The lowest BCUT2D eigenvalue weighted by atomic mass is 10.1. The minimum absolute atomic E-state index is 0.0647. The number of carbonyl (C=O) groups is 1. The van der Waals surface area contributed by atoms with Crippen molar-refractivity contribution in [1.29, 1.82) is 0 Å². The zero-order valence-corrected chi connectivity index (χ0v) is 10.8. The predicted molar refractivity (Wildman–Crippen MR) is 70.5 cm³/mol. The number of carboxylic acid groups (broad SMARTS) is 1. The molecule has 0 fully saturated rings. The van der Waals surface area contributed by atoms with E-state index < -0.39 is 5.97 Å². The largest absolute Gasteiger partial charge is 0.480 e. The summed E-state index contributed by atoms with van der Waals surface area (Å²) in [7, 11) is 0. The SMILES string of the molecule is CCc1ccccc1N(CC(=O)O)CC(C)C. The summed E-state index contributed by atoms with van der Waals surface area (Å²) in [6, 6.07) is 8.02. The van der Waals surface area contributed by atoms with Crippen molar-refractivity contribution in [1.82, 2.24) is 0 Å². The van der Waals surface area contributed by atoms with Crippen LogP contribution in [0.2, 0.25) is 0 Å². The molecule has 3 heteroatoms. The second-order valence-electron chi connectivity index (χ2n) is 4.65. The van der Waals surface area contributed by atoms with Gasteiger partial charge in [0.05, 0.1) is 0 Å². The Morgan fingerprint density at radius 3 is 2.53 bits per heavy atom. The van der Waals surface area contributed by atoms with Crippen molar-refractivity contribution in [2.45, 2.75) is 27.2 Å². The molecule has 94 valence electrons. The first kappa shape index (κ1) is 13.6. The summed E-state index contributed by atoms with van der Waals surface area (Å²) in [5.41, 5.74) is 2.25. The van der Waals surface area contributed by atoms with Gasteiger partial charge in [0.15, 0.2) is 0 Å². The molecule has 0 bridgehead atoms. The molecule has 1 rings (SSSR count). The summed E-state index contributed by atoms with van der Waals surface area (Å²) in [4.78, 5) is 12.9. The minimum atomic E-state index is -0.781. The van der Waals surface area contributed by atoms with Crippen molar-refractivity contribution >= 4 is 11.7 Å². The zero-order valence-electron chi connectivity index (χ0n) is 10.8. The Morgan fingerprint density at radius 2 is 2.00 bits per heavy atom. The van der Waals surface area contributed by atoms with Gasteiger partial charge in [-0.25, -0.2) is 0 Å². The highest BCUT2D eigenvalue weighted by Gasteiger charge is 2.14. The Kier molecular flexibility index (Phi) is 5.01. The molecule has 3 nitrogen and oxygen atoms in total. The first-order chi connectivity index (χ1) is 8.04. The van der Waals surface area contributed by atoms with E-state index in [9.17, 15) is 4.79 Å². The molecule has 0 radical (unpaired) electrons. The van der Waals surface area contributed by atoms with E-state index in [0.29, 0.717) is 5.92 Å². The van der Waals surface area contributed by atoms with Gasteiger partial charge in [-0.2, -0.15) is 0 Å². The lowest BCUT2D eigenvalue weighted by Gasteiger charge is -2.27. The lowest BCUT2D eigenvalue weighted by molar-refractivity contribution is -0.135. The lowest BCUT2D eigenvalue weighted by Crippen LogP contribution is -2.33. The number of carboxylic acids is 1. The quantitative estimate of drug-likeness (QED) is 0.824. The van der Waals surface area contributed by atoms with Gasteiger partial charge >= 0.3 is 5.97 Å². The molecule has 0 aromatic heterocycles. The van der Waals surface area contributed by atoms with Gasteiger partial charge in [-0.05, 0) is 24.0 Å². The first-order valence-corrected chi connectivity index (χ1v) is 6.09. The van der Waals surface area contributed by atoms with E-state index in [0.717, 1.165) is 18.7 Å². The summed E-state index contributed by atoms with van der Waals surface area (Å²) < 4.78 is 0. The van der Waals surface area contributed by atoms with Crippen LogP contribution in [0.5, 0.6) is 0 Å². The van der Waals surface area contributed by atoms with Gasteiger partial charge in [-0.3, -0.25) is 4.79 Å². The highest BCUT2D eigenvalue weighted by molar-refractivity contribution is 5.74. The van der Waals surface area contributed by atoms with Gasteiger partial charge in [0.1, 0.15) is 6.54 Å². The number of para-hydroxylation sites is 1. The van der Waals surface area contributed by atoms with E-state index in [-0.39, 0.29) is 6.54 Å². The summed E-state index contributed by atoms with van der Waals surface area (Å²) >= 11 is 0. The molecule has 0 saturated heterocycles. The number of hydrogen-bond acceptors (Lipinski definition) is 2. The number of anilines is 1. The van der Waals surface area contributed by atoms with Crippen LogP contribution < -0.4 is 4.90 Å². The molecular weight excluding hydrogens is 214 g/mol. The van der Waals surface area contributed by atoms with Crippen LogP contribution in [0.15, 0.2) is 24.3 Å². The van der Waals surface area contributed by atoms with E-state index in [1.165, 1.54) is 5.56 Å². The Morgan fingerprint density at radius 1 is 1.35 bits per heavy atom. The smallest absolute Gasteiger partial charge is 0.323 e. The van der Waals surface area contributed by atoms with Crippen molar-refractivity contribution in [3.05, 3.63) is 29.8 Å². The van der Waals surface area contributed by atoms with Crippen LogP contribution in [0.4, 0.5) is 5.69 Å². The summed E-state index contributed by atoms with van der Waals surface area (Å²) in [6.45, 7) is 7.12. The Balaban J connectivity index is 2.98. The normalized spacial score (nSPS) is 10.6. The molecule has 0 spiro atoms. The van der Waals surface area contributed by atoms with E-state index in [1.807, 2.05) is 23.1 Å². The topological polar surface area (TPSA) is 40.5 Å². The second kappa shape index (κ2) is 6.28. The van der Waals surface area contributed by atoms with Crippen molar-refractivity contribution < 1.29 is 9.90 Å². The van der Waals surface area contributed by atoms with Gasteiger partial charge < -0.3 is 10.0 Å². The summed E-state index contributed by atoms with van der Waals surface area (Å²) in [5.74, 6) is -0.337. The number of benzene rings is 1. The fraction of sp³-hybridized carbons (Fsp3) is 0.500. The highest BCUT2D eigenvalue weighted by Crippen LogP contribution is 2.21. The third kappa shape index (κ3) is 4.10. The third-order valence-electron chi connectivity index (χ3n) is 2.62. The average molecular weight is 235 g/mol. The van der Waals surface area contributed by atoms with Crippen LogP contribution in [0, 0.1) is 5.92 Å². The van der Waals surface area contributed by atoms with Crippen LogP contribution in [-0.4, -0.2) is 24.2 Å². The van der Waals surface area contributed by atoms with Crippen molar-refractivity contribution in [2.24, 2.45) is 5.92 Å². The molecule has 0 aliphatic heterocycles. The summed E-state index contributed by atoms with van der Waals surface area (Å²) in [6.07, 6.45) is 0.921. The molecule has 0 atom stereocenters. The molecule has 0 aliphatic rings. The van der Waals surface area contributed by atoms with Crippen molar-refractivity contribution in [3.63, 3.8) is 0 Å². The van der Waals surface area contributed by atoms with Crippen LogP contribution in [0.25, 0.3) is 0 Å². The van der Waals surface area contributed by atoms with Crippen LogP contribution in [0.1, 0.15) is 26.3 Å². The van der Waals surface area contributed by atoms with Gasteiger partial charge in [-0.15, -0.1) is 0 Å². The maximum absolute atomic E-state index is 10.9. The van der Waals surface area contributed by atoms with Gasteiger partial charge in [0, 0.05) is 12.2 Å². The first-order valence-electron chi connectivity index (χ1n) is 6.09. The molecule has 1 aromatic carbocycles. The molecule has 0 unspecified atom stereocenters. The van der Waals surface area contributed by atoms with E-state index in [4.69, 9.17) is 5.11 Å². The second-order valence-corrected chi connectivity index (χ2v) is 4.65. The Labute approximate surface area is 103 Å². The molecule has 17 heavy (non-hydrogen) atoms. The predicted octanol–water partition coefficient (Wildman–Crippen LogP) is 2.80. The fourth-order valence-corrected chi connectivity index (χ4v) is 1.97. The third-order valence-corrected chi connectivity index (χ3v) is 2.62. The van der Waals surface area contributed by atoms with E-state index >= 15 is 0 Å². The number of aliphatic carboxylic acids is 1. The standard InChI is InChI=1S/C14H21NO2/c1-4-12-7-5-6-8-13(12)15(9-11(2)3)10-14(16)17/h5-8,11H,4,9-10H2,1-3H3,(H,16,17). The van der Waals surface area contributed by atoms with Crippen LogP contribution in [0.3, 0.4) is 0 Å². The van der Waals surface area contributed by atoms with Gasteiger partial charge in [0.2, 0.25) is 0 Å². The highest BCUT2D eigenvalue weighted by atomic mass is 16.4. The van der Waals surface area contributed by atoms with Crippen LogP contribution >= 0.6 is 0 Å². The van der Waals surface area contributed by atoms with Gasteiger partial charge in [-0.1, -0.05) is 39.0 Å². The number of hydrogen-bond donors (Lipinski definition) is 1. The van der Waals surface area contributed by atoms with E-state index in [1.54, 1.807) is 0 Å². The van der Waals surface area contributed by atoms with Crippen LogP contribution in [-0.2, 0) is 11.2 Å². The molecule has 0 aliphatic carbocycles. The number of nitrogens with zero attached hydrogens (tertiary/aromatic N) is 1. The average Bonchev–Trinajstić information content (AvgIpc) is 2.27. The molecule has 1 aromatic rings. The molecular formula is C14H21NO2. The van der Waals surface area contributed by atoms with Crippen molar-refractivity contribution in [3.8, 4) is 0 Å². The molecule has 0 heterocycles. The maximum atomic E-state index is 10.9. The molecule has 1 N–H and O–H groups in total. The number of rotatable bonds is 6. The Bertz CT molecular complexity index is 374. The molecule has 0 saturated carbocycles. The van der Waals surface area contributed by atoms with Gasteiger partial charge in [0.25, 0.3) is 0 Å². The van der Waals surface area contributed by atoms with E-state index in [2.05, 4.69) is 26.8 Å². The Hall–Kier alpha value is -1.51. The zero-order chi connectivity index (χ0) is 12.8. The minimum Gasteiger partial charge on any atom is -0.480 e. The molecule has 0 amide bonds. The summed E-state index contributed by atoms with van der Waals surface area (Å²) in [5, 5.41) is 8.98. The fourth-order valence-electron chi connectivity index (χ4n) is 1.97. The monoisotopic (exact) mass is 235 g/mol.